The molecule has 1 aliphatic rings. The molecule has 0 aliphatic carbocycles. The van der Waals surface area contributed by atoms with Crippen LogP contribution in [-0.2, 0) is 26.0 Å². The second-order valence-electron chi connectivity index (χ2n) is 7.21. The van der Waals surface area contributed by atoms with Crippen molar-refractivity contribution in [3.63, 3.8) is 0 Å². The molecule has 1 saturated heterocycles. The van der Waals surface area contributed by atoms with E-state index < -0.39 is 20.9 Å². The summed E-state index contributed by atoms with van der Waals surface area (Å²) in [5, 5.41) is 13.7. The van der Waals surface area contributed by atoms with Gasteiger partial charge in [0.15, 0.2) is 0 Å². The maximum atomic E-state index is 12.9. The number of ether oxygens (including phenoxy) is 1. The minimum Gasteiger partial charge on any atom is -0.373 e. The van der Waals surface area contributed by atoms with Crippen molar-refractivity contribution in [2.24, 2.45) is 0 Å². The monoisotopic (exact) mass is 433 g/mol. The van der Waals surface area contributed by atoms with E-state index in [1.807, 2.05) is 13.8 Å². The molecule has 2 aromatic rings. The smallest absolute Gasteiger partial charge is 0.273 e. The van der Waals surface area contributed by atoms with Crippen molar-refractivity contribution in [3.05, 3.63) is 64.2 Å². The first kappa shape index (κ1) is 21.9. The fourth-order valence-electron chi connectivity index (χ4n) is 3.40. The number of nitrogens with zero attached hydrogens (tertiary/aromatic N) is 2. The number of hydrogen-bond acceptors (Lipinski definition) is 6. The van der Waals surface area contributed by atoms with Gasteiger partial charge in [-0.05, 0) is 38.1 Å². The molecule has 30 heavy (non-hydrogen) atoms. The lowest BCUT2D eigenvalue weighted by Crippen LogP contribution is -2.48. The van der Waals surface area contributed by atoms with Gasteiger partial charge in [-0.15, -0.1) is 0 Å². The number of hydrogen-bond donors (Lipinski definition) is 1. The quantitative estimate of drug-likeness (QED) is 0.552. The van der Waals surface area contributed by atoms with Crippen LogP contribution in [0.1, 0.15) is 19.4 Å². The zero-order chi connectivity index (χ0) is 21.9. The molecule has 2 atom stereocenters. The molecule has 0 unspecified atom stereocenters. The molecule has 10 heteroatoms. The zero-order valence-electron chi connectivity index (χ0n) is 16.6. The molecule has 0 saturated carbocycles. The van der Waals surface area contributed by atoms with Crippen LogP contribution in [0.5, 0.6) is 0 Å². The summed E-state index contributed by atoms with van der Waals surface area (Å²) in [7, 11) is -3.67. The SMILES string of the molecule is C[C@H]1CN(S(=O)(=O)c2ccc(NC(=O)Cc3ccccc3[N+](=O)[O-])cc2)C[C@H](C)O1. The summed E-state index contributed by atoms with van der Waals surface area (Å²) in [4.78, 5) is 22.9. The molecule has 1 N–H and O–H groups in total. The molecule has 1 amide bonds. The minimum absolute atomic E-state index is 0.122. The summed E-state index contributed by atoms with van der Waals surface area (Å²) in [5.74, 6) is -0.435. The molecule has 1 fully saturated rings. The van der Waals surface area contributed by atoms with Crippen LogP contribution in [0.2, 0.25) is 0 Å². The Labute approximate surface area is 174 Å². The molecule has 0 aromatic heterocycles. The Kier molecular flexibility index (Phi) is 6.49. The third kappa shape index (κ3) is 5.02. The number of para-hydroxylation sites is 1. The van der Waals surface area contributed by atoms with E-state index >= 15 is 0 Å². The van der Waals surface area contributed by atoms with Crippen molar-refractivity contribution in [2.45, 2.75) is 37.4 Å². The van der Waals surface area contributed by atoms with Crippen LogP contribution in [0, 0.1) is 10.1 Å². The number of benzene rings is 2. The lowest BCUT2D eigenvalue weighted by atomic mass is 10.1. The summed E-state index contributed by atoms with van der Waals surface area (Å²) in [6, 6.07) is 11.9. The molecule has 9 nitrogen and oxygen atoms in total. The van der Waals surface area contributed by atoms with Gasteiger partial charge in [-0.2, -0.15) is 4.31 Å². The number of nitrogens with one attached hydrogen (secondary N) is 1. The molecule has 0 spiro atoms. The number of morpholine rings is 1. The average Bonchev–Trinajstić information content (AvgIpc) is 2.68. The fourth-order valence-corrected chi connectivity index (χ4v) is 4.99. The van der Waals surface area contributed by atoms with Crippen LogP contribution in [0.25, 0.3) is 0 Å². The predicted molar refractivity (Wildman–Crippen MR) is 111 cm³/mol. The van der Waals surface area contributed by atoms with E-state index in [0.29, 0.717) is 11.3 Å². The molecule has 1 aliphatic heterocycles. The second kappa shape index (κ2) is 8.90. The largest absolute Gasteiger partial charge is 0.373 e. The molecular formula is C20H23N3O6S. The molecule has 160 valence electrons. The molecule has 3 rings (SSSR count). The highest BCUT2D eigenvalue weighted by Crippen LogP contribution is 2.23. The summed E-state index contributed by atoms with van der Waals surface area (Å²) in [6.07, 6.45) is -0.547. The van der Waals surface area contributed by atoms with Gasteiger partial charge < -0.3 is 10.1 Å². The Balaban J connectivity index is 1.69. The Morgan fingerprint density at radius 2 is 1.73 bits per heavy atom. The standard InChI is InChI=1S/C20H23N3O6S/c1-14-12-22(13-15(2)29-14)30(27,28)18-9-7-17(8-10-18)21-20(24)11-16-5-3-4-6-19(16)23(25)26/h3-10,14-15H,11-13H2,1-2H3,(H,21,24)/t14-,15-/m0/s1. The first-order valence-electron chi connectivity index (χ1n) is 9.44. The summed E-state index contributed by atoms with van der Waals surface area (Å²) in [6.45, 7) is 4.21. The van der Waals surface area contributed by atoms with E-state index in [1.54, 1.807) is 6.07 Å². The molecule has 0 bridgehead atoms. The van der Waals surface area contributed by atoms with Gasteiger partial charge in [-0.25, -0.2) is 8.42 Å². The Bertz CT molecular complexity index is 1030. The predicted octanol–water partition coefficient (Wildman–Crippen LogP) is 2.57. The van der Waals surface area contributed by atoms with Gasteiger partial charge >= 0.3 is 0 Å². The highest BCUT2D eigenvalue weighted by atomic mass is 32.2. The first-order chi connectivity index (χ1) is 14.2. The van der Waals surface area contributed by atoms with Crippen LogP contribution in [-0.4, -0.2) is 48.9 Å². The van der Waals surface area contributed by atoms with Crippen molar-refractivity contribution in [2.75, 3.05) is 18.4 Å². The van der Waals surface area contributed by atoms with Crippen LogP contribution in [0.15, 0.2) is 53.4 Å². The number of nitro groups is 1. The minimum atomic E-state index is -3.67. The molecule has 1 heterocycles. The van der Waals surface area contributed by atoms with Gasteiger partial charge in [0.2, 0.25) is 15.9 Å². The summed E-state index contributed by atoms with van der Waals surface area (Å²) in [5.41, 5.74) is 0.582. The van der Waals surface area contributed by atoms with E-state index in [0.717, 1.165) is 0 Å². The Hall–Kier alpha value is -2.82. The summed E-state index contributed by atoms with van der Waals surface area (Å²) >= 11 is 0. The number of carbonyl (C=O) groups excluding carboxylic acids is 1. The lowest BCUT2D eigenvalue weighted by Gasteiger charge is -2.34. The maximum absolute atomic E-state index is 12.9. The number of carbonyl (C=O) groups is 1. The van der Waals surface area contributed by atoms with Gasteiger partial charge in [0.25, 0.3) is 5.69 Å². The average molecular weight is 433 g/mol. The van der Waals surface area contributed by atoms with Crippen LogP contribution in [0.4, 0.5) is 11.4 Å². The van der Waals surface area contributed by atoms with Crippen molar-refractivity contribution >= 4 is 27.3 Å². The van der Waals surface area contributed by atoms with Gasteiger partial charge in [-0.1, -0.05) is 18.2 Å². The van der Waals surface area contributed by atoms with Gasteiger partial charge in [0.05, 0.1) is 28.4 Å². The third-order valence-corrected chi connectivity index (χ3v) is 6.55. The second-order valence-corrected chi connectivity index (χ2v) is 9.15. The van der Waals surface area contributed by atoms with E-state index in [9.17, 15) is 23.3 Å². The maximum Gasteiger partial charge on any atom is 0.273 e. The number of rotatable bonds is 6. The van der Waals surface area contributed by atoms with Crippen LogP contribution < -0.4 is 5.32 Å². The van der Waals surface area contributed by atoms with Crippen LogP contribution in [0.3, 0.4) is 0 Å². The third-order valence-electron chi connectivity index (χ3n) is 4.70. The number of amides is 1. The fraction of sp³-hybridized carbons (Fsp3) is 0.350. The normalized spacial score (nSPS) is 19.9. The van der Waals surface area contributed by atoms with Gasteiger partial charge in [0.1, 0.15) is 0 Å². The lowest BCUT2D eigenvalue weighted by molar-refractivity contribution is -0.385. The van der Waals surface area contributed by atoms with Gasteiger partial charge in [0, 0.05) is 30.4 Å². The van der Waals surface area contributed by atoms with Gasteiger partial charge in [-0.3, -0.25) is 14.9 Å². The van der Waals surface area contributed by atoms with E-state index in [1.165, 1.54) is 46.8 Å². The zero-order valence-corrected chi connectivity index (χ0v) is 17.5. The Morgan fingerprint density at radius 3 is 2.33 bits per heavy atom. The molecule has 0 radical (unpaired) electrons. The van der Waals surface area contributed by atoms with E-state index in [4.69, 9.17) is 4.74 Å². The van der Waals surface area contributed by atoms with E-state index in [-0.39, 0.29) is 42.3 Å². The first-order valence-corrected chi connectivity index (χ1v) is 10.9. The van der Waals surface area contributed by atoms with Crippen molar-refractivity contribution < 1.29 is 22.9 Å². The Morgan fingerprint density at radius 1 is 1.13 bits per heavy atom. The topological polar surface area (TPSA) is 119 Å². The van der Waals surface area contributed by atoms with Crippen LogP contribution >= 0.6 is 0 Å². The molecule has 2 aromatic carbocycles. The van der Waals surface area contributed by atoms with Crippen molar-refractivity contribution in [1.82, 2.24) is 4.31 Å². The van der Waals surface area contributed by atoms with Crippen molar-refractivity contribution in [3.8, 4) is 0 Å². The summed E-state index contributed by atoms with van der Waals surface area (Å²) < 4.78 is 32.7. The highest BCUT2D eigenvalue weighted by Gasteiger charge is 2.32. The molecular weight excluding hydrogens is 410 g/mol. The van der Waals surface area contributed by atoms with Crippen molar-refractivity contribution in [1.29, 1.82) is 0 Å². The number of anilines is 1. The number of sulfonamides is 1. The number of nitro benzene ring substituents is 1. The highest BCUT2D eigenvalue weighted by molar-refractivity contribution is 7.89. The van der Waals surface area contributed by atoms with E-state index in [2.05, 4.69) is 5.32 Å².